The second kappa shape index (κ2) is 6.20. The van der Waals surface area contributed by atoms with E-state index in [0.29, 0.717) is 6.54 Å². The van der Waals surface area contributed by atoms with Crippen molar-refractivity contribution in [2.24, 2.45) is 0 Å². The Bertz CT molecular complexity index is 447. The molecule has 1 aromatic carbocycles. The zero-order valence-electron chi connectivity index (χ0n) is 12.7. The summed E-state index contributed by atoms with van der Waals surface area (Å²) in [7, 11) is 1.72. The molecular weight excluding hydrogens is 238 g/mol. The Labute approximate surface area is 116 Å². The van der Waals surface area contributed by atoms with Crippen molar-refractivity contribution in [3.8, 4) is 0 Å². The van der Waals surface area contributed by atoms with Gasteiger partial charge in [0, 0.05) is 13.6 Å². The van der Waals surface area contributed by atoms with Gasteiger partial charge in [-0.25, -0.2) is 0 Å². The number of aryl methyl sites for hydroxylation is 1. The topological polar surface area (TPSA) is 40.5 Å². The Balaban J connectivity index is 2.81. The normalized spacial score (nSPS) is 11.5. The maximum absolute atomic E-state index is 11.3. The number of carbonyl (C=O) groups is 1. The fraction of sp³-hybridized carbons (Fsp3) is 0.562. The molecule has 0 fully saturated rings. The monoisotopic (exact) mass is 263 g/mol. The highest BCUT2D eigenvalue weighted by Gasteiger charge is 2.15. The summed E-state index contributed by atoms with van der Waals surface area (Å²) >= 11 is 0. The van der Waals surface area contributed by atoms with Gasteiger partial charge in [-0.2, -0.15) is 0 Å². The van der Waals surface area contributed by atoms with Crippen molar-refractivity contribution < 1.29 is 9.90 Å². The van der Waals surface area contributed by atoms with Gasteiger partial charge in [-0.15, -0.1) is 0 Å². The van der Waals surface area contributed by atoms with Crippen molar-refractivity contribution in [1.82, 2.24) is 4.90 Å². The van der Waals surface area contributed by atoms with Crippen molar-refractivity contribution in [3.05, 3.63) is 34.9 Å². The summed E-state index contributed by atoms with van der Waals surface area (Å²) < 4.78 is 0. The molecule has 1 rings (SSSR count). The van der Waals surface area contributed by atoms with E-state index in [-0.39, 0.29) is 11.3 Å². The zero-order valence-corrected chi connectivity index (χ0v) is 12.7. The molecule has 0 saturated heterocycles. The first-order valence-electron chi connectivity index (χ1n) is 6.70. The Hall–Kier alpha value is -1.35. The number of hydrogen-bond donors (Lipinski definition) is 1. The molecule has 1 aromatic rings. The summed E-state index contributed by atoms with van der Waals surface area (Å²) in [4.78, 5) is 12.9. The van der Waals surface area contributed by atoms with Crippen LogP contribution in [0.3, 0.4) is 0 Å². The van der Waals surface area contributed by atoms with E-state index in [1.165, 1.54) is 16.7 Å². The molecule has 0 spiro atoms. The number of hydrogen-bond acceptors (Lipinski definition) is 2. The SMILES string of the molecule is Cc1ccc(C(C)(C)C)cc1CCN(C)C(=O)CO. The summed E-state index contributed by atoms with van der Waals surface area (Å²) in [6, 6.07) is 6.54. The number of amides is 1. The third-order valence-corrected chi connectivity index (χ3v) is 3.49. The fourth-order valence-electron chi connectivity index (χ4n) is 1.94. The lowest BCUT2D eigenvalue weighted by molar-refractivity contribution is -0.132. The molecule has 106 valence electrons. The fourth-order valence-corrected chi connectivity index (χ4v) is 1.94. The molecule has 0 aliphatic rings. The smallest absolute Gasteiger partial charge is 0.248 e. The number of likely N-dealkylation sites (N-methyl/N-ethyl adjacent to an activating group) is 1. The standard InChI is InChI=1S/C16H25NO2/c1-12-6-7-14(16(2,3)4)10-13(12)8-9-17(5)15(19)11-18/h6-7,10,18H,8-9,11H2,1-5H3. The van der Waals surface area contributed by atoms with E-state index in [2.05, 4.69) is 45.9 Å². The van der Waals surface area contributed by atoms with Crippen LogP contribution in [-0.4, -0.2) is 36.1 Å². The first-order valence-corrected chi connectivity index (χ1v) is 6.70. The lowest BCUT2D eigenvalue weighted by Crippen LogP contribution is -2.31. The largest absolute Gasteiger partial charge is 0.387 e. The first kappa shape index (κ1) is 15.7. The minimum absolute atomic E-state index is 0.134. The number of aliphatic hydroxyl groups is 1. The van der Waals surface area contributed by atoms with Gasteiger partial charge in [0.1, 0.15) is 6.61 Å². The van der Waals surface area contributed by atoms with Crippen LogP contribution < -0.4 is 0 Å². The van der Waals surface area contributed by atoms with Crippen LogP contribution in [0.1, 0.15) is 37.5 Å². The second-order valence-electron chi connectivity index (χ2n) is 6.11. The minimum atomic E-state index is -0.419. The summed E-state index contributed by atoms with van der Waals surface area (Å²) in [6.07, 6.45) is 0.817. The predicted molar refractivity (Wildman–Crippen MR) is 78.3 cm³/mol. The van der Waals surface area contributed by atoms with E-state index < -0.39 is 6.61 Å². The molecule has 0 heterocycles. The van der Waals surface area contributed by atoms with Gasteiger partial charge in [-0.3, -0.25) is 4.79 Å². The first-order chi connectivity index (χ1) is 8.75. The van der Waals surface area contributed by atoms with Crippen LogP contribution in [0.5, 0.6) is 0 Å². The van der Waals surface area contributed by atoms with Crippen molar-refractivity contribution in [1.29, 1.82) is 0 Å². The van der Waals surface area contributed by atoms with E-state index in [1.807, 2.05) is 0 Å². The van der Waals surface area contributed by atoms with Crippen LogP contribution in [0.4, 0.5) is 0 Å². The van der Waals surface area contributed by atoms with Crippen molar-refractivity contribution in [2.75, 3.05) is 20.2 Å². The summed E-state index contributed by atoms with van der Waals surface area (Å²) in [5.74, 6) is -0.232. The number of benzene rings is 1. The van der Waals surface area contributed by atoms with Crippen LogP contribution in [0.2, 0.25) is 0 Å². The highest BCUT2D eigenvalue weighted by atomic mass is 16.3. The molecule has 19 heavy (non-hydrogen) atoms. The van der Waals surface area contributed by atoms with E-state index in [4.69, 9.17) is 5.11 Å². The second-order valence-corrected chi connectivity index (χ2v) is 6.11. The maximum atomic E-state index is 11.3. The molecule has 0 aliphatic carbocycles. The minimum Gasteiger partial charge on any atom is -0.387 e. The van der Waals surface area contributed by atoms with Crippen molar-refractivity contribution >= 4 is 5.91 Å². The molecule has 0 atom stereocenters. The number of carbonyl (C=O) groups excluding carboxylic acids is 1. The molecule has 1 amide bonds. The van der Waals surface area contributed by atoms with E-state index in [9.17, 15) is 4.79 Å². The van der Waals surface area contributed by atoms with Crippen molar-refractivity contribution in [3.63, 3.8) is 0 Å². The number of nitrogens with zero attached hydrogens (tertiary/aromatic N) is 1. The van der Waals surface area contributed by atoms with E-state index in [1.54, 1.807) is 11.9 Å². The molecule has 0 saturated carbocycles. The quantitative estimate of drug-likeness (QED) is 0.905. The highest BCUT2D eigenvalue weighted by Crippen LogP contribution is 2.24. The molecule has 0 aliphatic heterocycles. The average molecular weight is 263 g/mol. The third kappa shape index (κ3) is 4.35. The van der Waals surface area contributed by atoms with Crippen LogP contribution in [0, 0.1) is 6.92 Å². The molecule has 3 heteroatoms. The Morgan fingerprint density at radius 2 is 1.95 bits per heavy atom. The molecule has 0 unspecified atom stereocenters. The van der Waals surface area contributed by atoms with Gasteiger partial charge in [0.15, 0.2) is 0 Å². The number of rotatable bonds is 4. The highest BCUT2D eigenvalue weighted by molar-refractivity contribution is 5.76. The van der Waals surface area contributed by atoms with Gasteiger partial charge in [0.25, 0.3) is 0 Å². The molecule has 1 N–H and O–H groups in total. The lowest BCUT2D eigenvalue weighted by Gasteiger charge is -2.22. The summed E-state index contributed by atoms with van der Waals surface area (Å²) in [5.41, 5.74) is 3.96. The number of aliphatic hydroxyl groups excluding tert-OH is 1. The molecule has 0 aromatic heterocycles. The van der Waals surface area contributed by atoms with Crippen LogP contribution in [0.25, 0.3) is 0 Å². The summed E-state index contributed by atoms with van der Waals surface area (Å²) in [6.45, 7) is 8.90. The predicted octanol–water partition coefficient (Wildman–Crippen LogP) is 2.29. The van der Waals surface area contributed by atoms with Gasteiger partial charge >= 0.3 is 0 Å². The van der Waals surface area contributed by atoms with Crippen LogP contribution in [-0.2, 0) is 16.6 Å². The van der Waals surface area contributed by atoms with Gasteiger partial charge in [-0.1, -0.05) is 39.0 Å². The summed E-state index contributed by atoms with van der Waals surface area (Å²) in [5, 5.41) is 8.82. The Morgan fingerprint density at radius 3 is 2.47 bits per heavy atom. The molecular formula is C16H25NO2. The van der Waals surface area contributed by atoms with E-state index >= 15 is 0 Å². The Kier molecular flexibility index (Phi) is 5.12. The van der Waals surface area contributed by atoms with Gasteiger partial charge < -0.3 is 10.0 Å². The van der Waals surface area contributed by atoms with Gasteiger partial charge in [-0.05, 0) is 35.4 Å². The van der Waals surface area contributed by atoms with Crippen molar-refractivity contribution in [2.45, 2.75) is 39.5 Å². The van der Waals surface area contributed by atoms with Gasteiger partial charge in [0.05, 0.1) is 0 Å². The lowest BCUT2D eigenvalue weighted by atomic mass is 9.85. The zero-order chi connectivity index (χ0) is 14.6. The Morgan fingerprint density at radius 1 is 1.32 bits per heavy atom. The average Bonchev–Trinajstić information content (AvgIpc) is 2.35. The van der Waals surface area contributed by atoms with Crippen LogP contribution >= 0.6 is 0 Å². The van der Waals surface area contributed by atoms with E-state index in [0.717, 1.165) is 6.42 Å². The van der Waals surface area contributed by atoms with Crippen LogP contribution in [0.15, 0.2) is 18.2 Å². The third-order valence-electron chi connectivity index (χ3n) is 3.49. The maximum Gasteiger partial charge on any atom is 0.248 e. The molecule has 0 radical (unpaired) electrons. The van der Waals surface area contributed by atoms with Gasteiger partial charge in [0.2, 0.25) is 5.91 Å². The molecule has 0 bridgehead atoms. The molecule has 3 nitrogen and oxygen atoms in total.